The third kappa shape index (κ3) is 4.42. The Kier molecular flexibility index (Phi) is 6.34. The molecule has 168 valence electrons. The highest BCUT2D eigenvalue weighted by molar-refractivity contribution is 8.27. The van der Waals surface area contributed by atoms with Crippen LogP contribution in [-0.4, -0.2) is 17.3 Å². The number of methoxy groups -OCH3 is 1. The summed E-state index contributed by atoms with van der Waals surface area (Å²) >= 11 is 6.86. The predicted octanol–water partition coefficient (Wildman–Crippen LogP) is 6.83. The van der Waals surface area contributed by atoms with E-state index >= 15 is 0 Å². The fraction of sp³-hybridized carbons (Fsp3) is 0.0714. The van der Waals surface area contributed by atoms with E-state index in [2.05, 4.69) is 6.07 Å². The third-order valence-electron chi connectivity index (χ3n) is 5.57. The summed E-state index contributed by atoms with van der Waals surface area (Å²) in [6.45, 7) is 0.437. The fourth-order valence-corrected chi connectivity index (χ4v) is 5.12. The summed E-state index contributed by atoms with van der Waals surface area (Å²) in [5.41, 5.74) is 2.65. The van der Waals surface area contributed by atoms with E-state index in [1.807, 2.05) is 91.0 Å². The number of carbonyl (C=O) groups is 1. The van der Waals surface area contributed by atoms with E-state index in [9.17, 15) is 4.79 Å². The average molecular weight is 484 g/mol. The lowest BCUT2D eigenvalue weighted by atomic mass is 10.0. The number of thioether (sulfide) groups is 1. The first-order valence-electron chi connectivity index (χ1n) is 10.7. The second-order valence-corrected chi connectivity index (χ2v) is 9.36. The van der Waals surface area contributed by atoms with Crippen LogP contribution in [0.4, 0.5) is 5.69 Å². The molecule has 34 heavy (non-hydrogen) atoms. The Bertz CT molecular complexity index is 1400. The normalized spacial score (nSPS) is 14.7. The molecule has 1 aliphatic rings. The molecule has 0 spiro atoms. The summed E-state index contributed by atoms with van der Waals surface area (Å²) in [5, 5.41) is 2.09. The van der Waals surface area contributed by atoms with Crippen LogP contribution in [0, 0.1) is 0 Å². The maximum Gasteiger partial charge on any atom is 0.270 e. The molecule has 1 aliphatic heterocycles. The highest BCUT2D eigenvalue weighted by atomic mass is 32.2. The molecule has 4 aromatic carbocycles. The van der Waals surface area contributed by atoms with Gasteiger partial charge < -0.3 is 9.47 Å². The molecule has 4 aromatic rings. The van der Waals surface area contributed by atoms with E-state index in [1.54, 1.807) is 12.0 Å². The van der Waals surface area contributed by atoms with Gasteiger partial charge in [-0.15, -0.1) is 0 Å². The highest BCUT2D eigenvalue weighted by Crippen LogP contribution is 2.39. The number of amides is 1. The van der Waals surface area contributed by atoms with Crippen molar-refractivity contribution in [1.29, 1.82) is 0 Å². The summed E-state index contributed by atoms with van der Waals surface area (Å²) in [7, 11) is 1.61. The Morgan fingerprint density at radius 1 is 0.912 bits per heavy atom. The quantitative estimate of drug-likeness (QED) is 0.222. The molecule has 6 heteroatoms. The number of hydrogen-bond acceptors (Lipinski definition) is 5. The van der Waals surface area contributed by atoms with Crippen LogP contribution in [0.2, 0.25) is 0 Å². The van der Waals surface area contributed by atoms with Crippen molar-refractivity contribution in [2.24, 2.45) is 0 Å². The summed E-state index contributed by atoms with van der Waals surface area (Å²) < 4.78 is 11.9. The molecule has 4 nitrogen and oxygen atoms in total. The molecule has 1 saturated heterocycles. The van der Waals surface area contributed by atoms with Gasteiger partial charge in [-0.2, -0.15) is 0 Å². The molecule has 0 saturated carbocycles. The topological polar surface area (TPSA) is 38.8 Å². The van der Waals surface area contributed by atoms with Gasteiger partial charge in [-0.05, 0) is 52.7 Å². The van der Waals surface area contributed by atoms with E-state index in [0.717, 1.165) is 33.4 Å². The van der Waals surface area contributed by atoms with E-state index < -0.39 is 0 Å². The summed E-state index contributed by atoms with van der Waals surface area (Å²) in [6.07, 6.45) is 1.89. The van der Waals surface area contributed by atoms with Crippen molar-refractivity contribution in [1.82, 2.24) is 0 Å². The third-order valence-corrected chi connectivity index (χ3v) is 6.87. The number of nitrogens with zero attached hydrogens (tertiary/aromatic N) is 1. The average Bonchev–Trinajstić information content (AvgIpc) is 3.16. The van der Waals surface area contributed by atoms with Gasteiger partial charge in [0.05, 0.1) is 17.7 Å². The predicted molar refractivity (Wildman–Crippen MR) is 143 cm³/mol. The minimum absolute atomic E-state index is 0.151. The lowest BCUT2D eigenvalue weighted by molar-refractivity contribution is -0.113. The zero-order chi connectivity index (χ0) is 23.5. The second kappa shape index (κ2) is 9.71. The van der Waals surface area contributed by atoms with Crippen molar-refractivity contribution in [3.05, 3.63) is 107 Å². The van der Waals surface area contributed by atoms with Gasteiger partial charge >= 0.3 is 0 Å². The van der Waals surface area contributed by atoms with Gasteiger partial charge in [-0.25, -0.2) is 0 Å². The van der Waals surface area contributed by atoms with Crippen molar-refractivity contribution >= 4 is 56.7 Å². The zero-order valence-corrected chi connectivity index (χ0v) is 20.1. The molecular formula is C28H21NO3S2. The molecule has 1 fully saturated rings. The Balaban J connectivity index is 1.52. The van der Waals surface area contributed by atoms with E-state index in [1.165, 1.54) is 11.8 Å². The highest BCUT2D eigenvalue weighted by Gasteiger charge is 2.33. The van der Waals surface area contributed by atoms with Crippen LogP contribution in [0.3, 0.4) is 0 Å². The van der Waals surface area contributed by atoms with Gasteiger partial charge in [-0.3, -0.25) is 9.69 Å². The summed E-state index contributed by atoms with van der Waals surface area (Å²) in [4.78, 5) is 15.5. The molecule has 0 radical (unpaired) electrons. The number of benzene rings is 4. The minimum Gasteiger partial charge on any atom is -0.497 e. The van der Waals surface area contributed by atoms with Crippen LogP contribution in [0.15, 0.2) is 95.9 Å². The van der Waals surface area contributed by atoms with Crippen molar-refractivity contribution in [2.75, 3.05) is 12.0 Å². The monoisotopic (exact) mass is 483 g/mol. The van der Waals surface area contributed by atoms with Crippen molar-refractivity contribution in [3.8, 4) is 11.5 Å². The van der Waals surface area contributed by atoms with Gasteiger partial charge in [-0.1, -0.05) is 84.6 Å². The number of fused-ring (bicyclic) bond motifs is 1. The molecule has 0 bridgehead atoms. The van der Waals surface area contributed by atoms with Crippen LogP contribution in [0.1, 0.15) is 11.1 Å². The Morgan fingerprint density at radius 3 is 2.41 bits per heavy atom. The number of hydrogen-bond donors (Lipinski definition) is 0. The van der Waals surface area contributed by atoms with Crippen molar-refractivity contribution < 1.29 is 14.3 Å². The first kappa shape index (κ1) is 22.2. The van der Waals surface area contributed by atoms with Gasteiger partial charge in [0, 0.05) is 5.56 Å². The van der Waals surface area contributed by atoms with Crippen LogP contribution < -0.4 is 14.4 Å². The Hall–Kier alpha value is -3.61. The van der Waals surface area contributed by atoms with E-state index in [0.29, 0.717) is 21.5 Å². The lowest BCUT2D eigenvalue weighted by Gasteiger charge is -2.15. The van der Waals surface area contributed by atoms with Crippen LogP contribution in [0.5, 0.6) is 11.5 Å². The van der Waals surface area contributed by atoms with E-state index in [4.69, 9.17) is 21.7 Å². The minimum atomic E-state index is -0.151. The lowest BCUT2D eigenvalue weighted by Crippen LogP contribution is -2.27. The Morgan fingerprint density at radius 2 is 1.65 bits per heavy atom. The number of anilines is 1. The molecule has 0 aromatic heterocycles. The number of carbonyl (C=O) groups excluding carboxylic acids is 1. The standard InChI is InChI=1S/C28H21NO3S2/c1-31-22-14-12-21(13-15-22)29-27(30)26(34-28(29)33)17-24-23-10-6-5-9-20(23)11-16-25(24)32-18-19-7-3-2-4-8-19/h2-17H,18H2,1H3/b26-17-. The molecule has 1 amide bonds. The molecule has 0 unspecified atom stereocenters. The molecule has 0 aliphatic carbocycles. The van der Waals surface area contributed by atoms with Crippen LogP contribution in [-0.2, 0) is 11.4 Å². The molecule has 0 atom stereocenters. The van der Waals surface area contributed by atoms with Gasteiger partial charge in [0.1, 0.15) is 18.1 Å². The number of ether oxygens (including phenoxy) is 2. The Labute approximate surface area is 207 Å². The first-order chi connectivity index (χ1) is 16.6. The molecule has 5 rings (SSSR count). The largest absolute Gasteiger partial charge is 0.497 e. The smallest absolute Gasteiger partial charge is 0.270 e. The second-order valence-electron chi connectivity index (χ2n) is 7.69. The summed E-state index contributed by atoms with van der Waals surface area (Å²) in [5.74, 6) is 1.29. The first-order valence-corrected chi connectivity index (χ1v) is 12.0. The van der Waals surface area contributed by atoms with Gasteiger partial charge in [0.2, 0.25) is 0 Å². The maximum absolute atomic E-state index is 13.4. The number of rotatable bonds is 6. The fourth-order valence-electron chi connectivity index (χ4n) is 3.84. The molecule has 1 heterocycles. The van der Waals surface area contributed by atoms with Gasteiger partial charge in [0.25, 0.3) is 5.91 Å². The van der Waals surface area contributed by atoms with Crippen molar-refractivity contribution in [2.45, 2.75) is 6.61 Å². The molecular weight excluding hydrogens is 462 g/mol. The molecule has 0 N–H and O–H groups in total. The van der Waals surface area contributed by atoms with E-state index in [-0.39, 0.29) is 5.91 Å². The SMILES string of the molecule is COc1ccc(N2C(=O)/C(=C/c3c(OCc4ccccc4)ccc4ccccc34)SC2=S)cc1. The van der Waals surface area contributed by atoms with Crippen LogP contribution in [0.25, 0.3) is 16.8 Å². The zero-order valence-electron chi connectivity index (χ0n) is 18.4. The maximum atomic E-state index is 13.4. The van der Waals surface area contributed by atoms with Crippen molar-refractivity contribution in [3.63, 3.8) is 0 Å². The number of thiocarbonyl (C=S) groups is 1. The van der Waals surface area contributed by atoms with Crippen LogP contribution >= 0.6 is 24.0 Å². The summed E-state index contributed by atoms with van der Waals surface area (Å²) in [6, 6.07) is 29.4. The van der Waals surface area contributed by atoms with Gasteiger partial charge in [0.15, 0.2) is 4.32 Å².